The van der Waals surface area contributed by atoms with Crippen molar-refractivity contribution in [2.75, 3.05) is 5.75 Å². The van der Waals surface area contributed by atoms with E-state index < -0.39 is 0 Å². The van der Waals surface area contributed by atoms with Gasteiger partial charge in [0.15, 0.2) is 5.12 Å². The van der Waals surface area contributed by atoms with Gasteiger partial charge >= 0.3 is 0 Å². The number of phenols is 1. The van der Waals surface area contributed by atoms with Crippen LogP contribution in [-0.2, 0) is 4.79 Å². The number of benzene rings is 1. The molecule has 0 fully saturated rings. The van der Waals surface area contributed by atoms with Crippen molar-refractivity contribution in [1.29, 1.82) is 0 Å². The van der Waals surface area contributed by atoms with Crippen LogP contribution in [-0.4, -0.2) is 16.0 Å². The summed E-state index contributed by atoms with van der Waals surface area (Å²) in [5.74, 6) is 0.868. The van der Waals surface area contributed by atoms with Gasteiger partial charge in [0.05, 0.1) is 5.02 Å². The van der Waals surface area contributed by atoms with Crippen LogP contribution in [0.3, 0.4) is 0 Å². The monoisotopic (exact) mass is 256 g/mol. The smallest absolute Gasteiger partial charge is 0.185 e. The molecule has 0 heterocycles. The summed E-state index contributed by atoms with van der Waals surface area (Å²) >= 11 is 7.00. The van der Waals surface area contributed by atoms with Crippen molar-refractivity contribution in [2.45, 2.75) is 13.3 Å². The molecule has 4 heteroatoms. The van der Waals surface area contributed by atoms with Gasteiger partial charge < -0.3 is 5.11 Å². The zero-order valence-corrected chi connectivity index (χ0v) is 10.5. The number of rotatable bonds is 4. The molecule has 0 aliphatic heterocycles. The van der Waals surface area contributed by atoms with Gasteiger partial charge in [-0.3, -0.25) is 4.79 Å². The number of hydrogen-bond donors (Lipinski definition) is 1. The average molecular weight is 257 g/mol. The highest BCUT2D eigenvalue weighted by atomic mass is 35.5. The second-order valence-corrected chi connectivity index (χ2v) is 4.92. The first kappa shape index (κ1) is 13.1. The topological polar surface area (TPSA) is 37.3 Å². The first-order valence-electron chi connectivity index (χ1n) is 4.88. The van der Waals surface area contributed by atoms with Gasteiger partial charge in [-0.15, -0.1) is 0 Å². The molecule has 0 aromatic heterocycles. The highest BCUT2D eigenvalue weighted by Gasteiger charge is 1.97. The Morgan fingerprint density at radius 1 is 1.56 bits per heavy atom. The molecule has 0 aliphatic carbocycles. The molecule has 0 saturated heterocycles. The SMILES string of the molecule is CC(=O)SCCC=Cc1ccc(Cl)c(O)c1. The number of carbonyl (C=O) groups excluding carboxylic acids is 1. The van der Waals surface area contributed by atoms with Gasteiger partial charge in [0.2, 0.25) is 0 Å². The summed E-state index contributed by atoms with van der Waals surface area (Å²) in [7, 11) is 0. The summed E-state index contributed by atoms with van der Waals surface area (Å²) in [4.78, 5) is 10.7. The molecule has 0 saturated carbocycles. The van der Waals surface area contributed by atoms with Crippen LogP contribution in [0.25, 0.3) is 6.08 Å². The molecular weight excluding hydrogens is 244 g/mol. The second-order valence-electron chi connectivity index (χ2n) is 3.24. The molecule has 0 bridgehead atoms. The predicted molar refractivity (Wildman–Crippen MR) is 69.9 cm³/mol. The van der Waals surface area contributed by atoms with Crippen molar-refractivity contribution >= 4 is 34.6 Å². The highest BCUT2D eigenvalue weighted by Crippen LogP contribution is 2.24. The maximum absolute atomic E-state index is 10.7. The minimum Gasteiger partial charge on any atom is -0.506 e. The first-order chi connectivity index (χ1) is 7.59. The quantitative estimate of drug-likeness (QED) is 0.834. The van der Waals surface area contributed by atoms with Crippen molar-refractivity contribution in [1.82, 2.24) is 0 Å². The van der Waals surface area contributed by atoms with E-state index in [1.807, 2.05) is 18.2 Å². The summed E-state index contributed by atoms with van der Waals surface area (Å²) < 4.78 is 0. The van der Waals surface area contributed by atoms with Crippen LogP contribution in [0, 0.1) is 0 Å². The van der Waals surface area contributed by atoms with Crippen molar-refractivity contribution in [3.8, 4) is 5.75 Å². The molecular formula is C12H13ClO2S. The summed E-state index contributed by atoms with van der Waals surface area (Å²) in [5.41, 5.74) is 0.898. The van der Waals surface area contributed by atoms with Crippen molar-refractivity contribution < 1.29 is 9.90 Å². The van der Waals surface area contributed by atoms with Gasteiger partial charge in [0.1, 0.15) is 5.75 Å². The standard InChI is InChI=1S/C12H13ClO2S/c1-9(14)16-7-3-2-4-10-5-6-11(13)12(15)8-10/h2,4-6,8,15H,3,7H2,1H3. The largest absolute Gasteiger partial charge is 0.506 e. The Morgan fingerprint density at radius 3 is 2.94 bits per heavy atom. The van der Waals surface area contributed by atoms with Gasteiger partial charge in [-0.25, -0.2) is 0 Å². The van der Waals surface area contributed by atoms with Crippen LogP contribution in [0.4, 0.5) is 0 Å². The molecule has 0 radical (unpaired) electrons. The zero-order valence-electron chi connectivity index (χ0n) is 8.94. The van der Waals surface area contributed by atoms with E-state index in [4.69, 9.17) is 11.6 Å². The molecule has 16 heavy (non-hydrogen) atoms. The third-order valence-electron chi connectivity index (χ3n) is 1.87. The Hall–Kier alpha value is -0.930. The van der Waals surface area contributed by atoms with Crippen LogP contribution in [0.5, 0.6) is 5.75 Å². The third-order valence-corrected chi connectivity index (χ3v) is 3.04. The van der Waals surface area contributed by atoms with Crippen LogP contribution < -0.4 is 0 Å². The Kier molecular flexibility index (Phi) is 5.43. The lowest BCUT2D eigenvalue weighted by molar-refractivity contribution is -0.109. The third kappa shape index (κ3) is 4.73. The van der Waals surface area contributed by atoms with Gasteiger partial charge in [0.25, 0.3) is 0 Å². The maximum atomic E-state index is 10.7. The highest BCUT2D eigenvalue weighted by molar-refractivity contribution is 8.13. The number of allylic oxidation sites excluding steroid dienone is 1. The lowest BCUT2D eigenvalue weighted by atomic mass is 10.2. The molecule has 0 unspecified atom stereocenters. The van der Waals surface area contributed by atoms with Crippen LogP contribution in [0.15, 0.2) is 24.3 Å². The van der Waals surface area contributed by atoms with E-state index >= 15 is 0 Å². The van der Waals surface area contributed by atoms with Crippen LogP contribution >= 0.6 is 23.4 Å². The fourth-order valence-corrected chi connectivity index (χ4v) is 1.78. The van der Waals surface area contributed by atoms with Crippen molar-refractivity contribution in [3.63, 3.8) is 0 Å². The summed E-state index contributed by atoms with van der Waals surface area (Å²) in [5, 5.41) is 9.85. The molecule has 0 aliphatic rings. The van der Waals surface area contributed by atoms with Crippen molar-refractivity contribution in [2.24, 2.45) is 0 Å². The van der Waals surface area contributed by atoms with Crippen LogP contribution in [0.1, 0.15) is 18.9 Å². The first-order valence-corrected chi connectivity index (χ1v) is 6.24. The summed E-state index contributed by atoms with van der Waals surface area (Å²) in [6.45, 7) is 1.56. The van der Waals surface area contributed by atoms with E-state index in [1.54, 1.807) is 19.1 Å². The Morgan fingerprint density at radius 2 is 2.31 bits per heavy atom. The Balaban J connectivity index is 2.44. The lowest BCUT2D eigenvalue weighted by Crippen LogP contribution is -1.83. The van der Waals surface area contributed by atoms with Gasteiger partial charge in [-0.05, 0) is 24.1 Å². The van der Waals surface area contributed by atoms with Gasteiger partial charge in [0, 0.05) is 12.7 Å². The molecule has 2 nitrogen and oxygen atoms in total. The van der Waals surface area contributed by atoms with E-state index in [1.165, 1.54) is 11.8 Å². The lowest BCUT2D eigenvalue weighted by Gasteiger charge is -1.98. The summed E-state index contributed by atoms with van der Waals surface area (Å²) in [6.07, 6.45) is 4.70. The normalized spacial score (nSPS) is 10.9. The van der Waals surface area contributed by atoms with Crippen LogP contribution in [0.2, 0.25) is 5.02 Å². The number of carbonyl (C=O) groups is 1. The maximum Gasteiger partial charge on any atom is 0.185 e. The molecule has 1 N–H and O–H groups in total. The van der Waals surface area contributed by atoms with E-state index in [-0.39, 0.29) is 10.9 Å². The molecule has 1 aromatic rings. The van der Waals surface area contributed by atoms with E-state index in [0.29, 0.717) is 5.02 Å². The summed E-state index contributed by atoms with van der Waals surface area (Å²) in [6, 6.07) is 5.09. The minimum atomic E-state index is 0.0851. The molecule has 1 aromatic carbocycles. The number of aromatic hydroxyl groups is 1. The number of hydrogen-bond acceptors (Lipinski definition) is 3. The van der Waals surface area contributed by atoms with Gasteiger partial charge in [-0.1, -0.05) is 41.6 Å². The zero-order chi connectivity index (χ0) is 12.0. The minimum absolute atomic E-state index is 0.0851. The molecule has 0 amide bonds. The molecule has 1 rings (SSSR count). The van der Waals surface area contributed by atoms with E-state index in [2.05, 4.69) is 0 Å². The van der Waals surface area contributed by atoms with Gasteiger partial charge in [-0.2, -0.15) is 0 Å². The van der Waals surface area contributed by atoms with E-state index in [9.17, 15) is 9.90 Å². The molecule has 0 spiro atoms. The number of halogens is 1. The average Bonchev–Trinajstić information content (AvgIpc) is 2.22. The fourth-order valence-electron chi connectivity index (χ4n) is 1.12. The molecule has 0 atom stereocenters. The Bertz CT molecular complexity index is 402. The van der Waals surface area contributed by atoms with Crippen molar-refractivity contribution in [3.05, 3.63) is 34.9 Å². The molecule has 86 valence electrons. The number of phenolic OH excluding ortho intramolecular Hbond substituents is 1. The van der Waals surface area contributed by atoms with E-state index in [0.717, 1.165) is 17.7 Å². The second kappa shape index (κ2) is 6.61. The number of thioether (sulfide) groups is 1. The Labute approximate surface area is 104 Å². The predicted octanol–water partition coefficient (Wildman–Crippen LogP) is 3.73. The fraction of sp³-hybridized carbons (Fsp3) is 0.250.